The summed E-state index contributed by atoms with van der Waals surface area (Å²) < 4.78 is 12.8. The zero-order valence-corrected chi connectivity index (χ0v) is 12.3. The van der Waals surface area contributed by atoms with Gasteiger partial charge in [0.05, 0.1) is 5.92 Å². The van der Waals surface area contributed by atoms with Crippen LogP contribution in [0.3, 0.4) is 0 Å². The summed E-state index contributed by atoms with van der Waals surface area (Å²) in [6.45, 7) is 2.64. The molecule has 2 atom stereocenters. The van der Waals surface area contributed by atoms with Gasteiger partial charge in [0.15, 0.2) is 0 Å². The zero-order valence-electron chi connectivity index (χ0n) is 12.3. The molecule has 0 saturated carbocycles. The van der Waals surface area contributed by atoms with Gasteiger partial charge in [0.2, 0.25) is 5.91 Å². The van der Waals surface area contributed by atoms with E-state index >= 15 is 0 Å². The number of likely N-dealkylation sites (N-methyl/N-ethyl adjacent to an activating group) is 1. The average Bonchev–Trinajstić information content (AvgIpc) is 2.75. The van der Waals surface area contributed by atoms with Gasteiger partial charge in [-0.1, -0.05) is 24.3 Å². The van der Waals surface area contributed by atoms with Crippen molar-refractivity contribution >= 4 is 12.0 Å². The fourth-order valence-corrected chi connectivity index (χ4v) is 3.31. The molecule has 3 aliphatic rings. The number of carbonyl (C=O) groups excluding carboxylic acids is 1. The quantitative estimate of drug-likeness (QED) is 0.852. The van der Waals surface area contributed by atoms with Gasteiger partial charge in [0, 0.05) is 32.7 Å². The van der Waals surface area contributed by atoms with Crippen molar-refractivity contribution in [1.29, 1.82) is 0 Å². The van der Waals surface area contributed by atoms with Crippen LogP contribution in [0.1, 0.15) is 18.4 Å². The van der Waals surface area contributed by atoms with Gasteiger partial charge in [0.1, 0.15) is 5.82 Å². The molecule has 4 heteroatoms. The second-order valence-electron chi connectivity index (χ2n) is 6.05. The third-order valence-electron chi connectivity index (χ3n) is 4.58. The van der Waals surface area contributed by atoms with Crippen molar-refractivity contribution in [1.82, 2.24) is 9.80 Å². The Bertz CT molecular complexity index is 540. The van der Waals surface area contributed by atoms with Crippen molar-refractivity contribution in [3.63, 3.8) is 0 Å². The fourth-order valence-electron chi connectivity index (χ4n) is 3.31. The third-order valence-corrected chi connectivity index (χ3v) is 4.58. The predicted molar refractivity (Wildman–Crippen MR) is 81.2 cm³/mol. The topological polar surface area (TPSA) is 23.6 Å². The van der Waals surface area contributed by atoms with Gasteiger partial charge < -0.3 is 4.90 Å². The predicted octanol–water partition coefficient (Wildman–Crippen LogP) is 2.39. The Balaban J connectivity index is 1.61. The number of carbonyl (C=O) groups is 1. The Morgan fingerprint density at radius 1 is 1.24 bits per heavy atom. The van der Waals surface area contributed by atoms with Crippen molar-refractivity contribution in [3.8, 4) is 0 Å². The highest BCUT2D eigenvalue weighted by Crippen LogP contribution is 2.27. The SMILES string of the molecule is CN1C(=O)[C@H]2CC[C@@H]1CN(CC=Cc1ccc(F)cc1)C2. The van der Waals surface area contributed by atoms with Gasteiger partial charge >= 0.3 is 0 Å². The summed E-state index contributed by atoms with van der Waals surface area (Å²) in [6, 6.07) is 6.85. The number of benzene rings is 1. The smallest absolute Gasteiger partial charge is 0.227 e. The maximum atomic E-state index is 12.8. The number of halogens is 1. The second-order valence-corrected chi connectivity index (χ2v) is 6.05. The van der Waals surface area contributed by atoms with Crippen molar-refractivity contribution < 1.29 is 9.18 Å². The molecule has 3 nitrogen and oxygen atoms in total. The normalized spacial score (nSPS) is 26.6. The van der Waals surface area contributed by atoms with Gasteiger partial charge in [0.25, 0.3) is 0 Å². The molecule has 2 bridgehead atoms. The lowest BCUT2D eigenvalue weighted by Gasteiger charge is -2.32. The number of hydrogen-bond acceptors (Lipinski definition) is 2. The Hall–Kier alpha value is -1.68. The lowest BCUT2D eigenvalue weighted by molar-refractivity contribution is -0.138. The molecule has 0 aliphatic carbocycles. The minimum atomic E-state index is -0.210. The average molecular weight is 288 g/mol. The molecule has 3 saturated heterocycles. The van der Waals surface area contributed by atoms with Crippen LogP contribution < -0.4 is 0 Å². The number of amides is 1. The van der Waals surface area contributed by atoms with E-state index < -0.39 is 0 Å². The van der Waals surface area contributed by atoms with E-state index in [4.69, 9.17) is 0 Å². The van der Waals surface area contributed by atoms with Crippen molar-refractivity contribution in [2.24, 2.45) is 5.92 Å². The second kappa shape index (κ2) is 5.98. The number of fused-ring (bicyclic) bond motifs is 4. The minimum absolute atomic E-state index is 0.160. The maximum absolute atomic E-state index is 12.8. The summed E-state index contributed by atoms with van der Waals surface area (Å²) in [6.07, 6.45) is 6.25. The lowest BCUT2D eigenvalue weighted by atomic mass is 9.95. The molecule has 0 radical (unpaired) electrons. The van der Waals surface area contributed by atoms with Gasteiger partial charge in [-0.05, 0) is 30.5 Å². The molecule has 1 amide bonds. The first kappa shape index (κ1) is 14.3. The molecular weight excluding hydrogens is 267 g/mol. The molecule has 1 aromatic rings. The number of rotatable bonds is 3. The minimum Gasteiger partial charge on any atom is -0.341 e. The summed E-state index contributed by atoms with van der Waals surface area (Å²) in [5.41, 5.74) is 1.00. The highest BCUT2D eigenvalue weighted by atomic mass is 19.1. The zero-order chi connectivity index (χ0) is 14.8. The van der Waals surface area contributed by atoms with Crippen LogP contribution in [0.5, 0.6) is 0 Å². The number of piperidine rings is 1. The van der Waals surface area contributed by atoms with Crippen LogP contribution in [0.25, 0.3) is 6.08 Å². The van der Waals surface area contributed by atoms with E-state index in [2.05, 4.69) is 11.0 Å². The van der Waals surface area contributed by atoms with Gasteiger partial charge in [-0.2, -0.15) is 0 Å². The van der Waals surface area contributed by atoms with E-state index in [9.17, 15) is 9.18 Å². The third kappa shape index (κ3) is 3.16. The molecule has 0 aromatic heterocycles. The summed E-state index contributed by atoms with van der Waals surface area (Å²) in [5, 5.41) is 0. The Morgan fingerprint density at radius 2 is 2.00 bits per heavy atom. The molecular formula is C17H21FN2O. The molecule has 21 heavy (non-hydrogen) atoms. The largest absolute Gasteiger partial charge is 0.341 e. The summed E-state index contributed by atoms with van der Waals surface area (Å²) in [5.74, 6) is 0.252. The lowest BCUT2D eigenvalue weighted by Crippen LogP contribution is -2.45. The van der Waals surface area contributed by atoms with E-state index in [1.807, 2.05) is 18.0 Å². The van der Waals surface area contributed by atoms with Gasteiger partial charge in [-0.3, -0.25) is 9.69 Å². The molecule has 0 N–H and O–H groups in total. The Labute approximate surface area is 125 Å². The number of hydrogen-bond donors (Lipinski definition) is 0. The van der Waals surface area contributed by atoms with Crippen LogP contribution in [0, 0.1) is 11.7 Å². The van der Waals surface area contributed by atoms with Crippen LogP contribution in [-0.4, -0.2) is 48.4 Å². The summed E-state index contributed by atoms with van der Waals surface area (Å²) >= 11 is 0. The fraction of sp³-hybridized carbons (Fsp3) is 0.471. The van der Waals surface area contributed by atoms with Crippen LogP contribution in [0.15, 0.2) is 30.3 Å². The molecule has 112 valence electrons. The molecule has 0 unspecified atom stereocenters. The maximum Gasteiger partial charge on any atom is 0.227 e. The first-order chi connectivity index (χ1) is 10.1. The van der Waals surface area contributed by atoms with E-state index in [0.717, 1.165) is 38.0 Å². The van der Waals surface area contributed by atoms with E-state index in [0.29, 0.717) is 11.9 Å². The summed E-state index contributed by atoms with van der Waals surface area (Å²) in [4.78, 5) is 16.4. The van der Waals surface area contributed by atoms with Crippen LogP contribution in [0.2, 0.25) is 0 Å². The molecule has 0 spiro atoms. The first-order valence-electron chi connectivity index (χ1n) is 7.54. The van der Waals surface area contributed by atoms with Crippen LogP contribution in [0.4, 0.5) is 4.39 Å². The summed E-state index contributed by atoms with van der Waals surface area (Å²) in [7, 11) is 1.93. The van der Waals surface area contributed by atoms with Crippen molar-refractivity contribution in [2.45, 2.75) is 18.9 Å². The number of nitrogens with zero attached hydrogens (tertiary/aromatic N) is 2. The van der Waals surface area contributed by atoms with Gasteiger partial charge in [-0.25, -0.2) is 4.39 Å². The molecule has 3 fully saturated rings. The van der Waals surface area contributed by atoms with Crippen molar-refractivity contribution in [2.75, 3.05) is 26.7 Å². The van der Waals surface area contributed by atoms with Crippen LogP contribution >= 0.6 is 0 Å². The van der Waals surface area contributed by atoms with E-state index in [1.54, 1.807) is 12.1 Å². The Kier molecular flexibility index (Phi) is 4.06. The highest BCUT2D eigenvalue weighted by molar-refractivity contribution is 5.80. The molecule has 4 rings (SSSR count). The van der Waals surface area contributed by atoms with E-state index in [1.165, 1.54) is 12.1 Å². The molecule has 1 aromatic carbocycles. The van der Waals surface area contributed by atoms with Gasteiger partial charge in [-0.15, -0.1) is 0 Å². The Morgan fingerprint density at radius 3 is 2.76 bits per heavy atom. The van der Waals surface area contributed by atoms with Crippen LogP contribution in [-0.2, 0) is 4.79 Å². The molecule has 3 heterocycles. The highest BCUT2D eigenvalue weighted by Gasteiger charge is 2.38. The van der Waals surface area contributed by atoms with Crippen molar-refractivity contribution in [3.05, 3.63) is 41.7 Å². The monoisotopic (exact) mass is 288 g/mol. The van der Waals surface area contributed by atoms with E-state index in [-0.39, 0.29) is 11.7 Å². The molecule has 3 aliphatic heterocycles. The first-order valence-corrected chi connectivity index (χ1v) is 7.54. The standard InChI is InChI=1S/C17H21FN2O/c1-19-16-9-6-14(17(19)21)11-20(12-16)10-2-3-13-4-7-15(18)8-5-13/h2-5,7-8,14,16H,6,9-12H2,1H3/t14-,16+/m0/s1.